The molecule has 7 nitrogen and oxygen atoms in total. The van der Waals surface area contributed by atoms with Crippen molar-refractivity contribution in [1.82, 2.24) is 25.6 Å². The lowest BCUT2D eigenvalue weighted by Gasteiger charge is -2.33. The number of anilines is 1. The van der Waals surface area contributed by atoms with Crippen molar-refractivity contribution in [1.29, 1.82) is 0 Å². The fourth-order valence-corrected chi connectivity index (χ4v) is 2.90. The van der Waals surface area contributed by atoms with E-state index in [1.165, 1.54) is 0 Å². The predicted molar refractivity (Wildman–Crippen MR) is 96.2 cm³/mol. The van der Waals surface area contributed by atoms with Gasteiger partial charge in [0.2, 0.25) is 11.9 Å². The molecule has 0 radical (unpaired) electrons. The van der Waals surface area contributed by atoms with Crippen molar-refractivity contribution >= 4 is 11.9 Å². The van der Waals surface area contributed by atoms with E-state index < -0.39 is 0 Å². The molecular formula is C18H24N6O. The third-order valence-electron chi connectivity index (χ3n) is 4.39. The van der Waals surface area contributed by atoms with Gasteiger partial charge in [-0.1, -0.05) is 6.92 Å². The van der Waals surface area contributed by atoms with E-state index in [1.807, 2.05) is 25.3 Å². The molecule has 0 unspecified atom stereocenters. The summed E-state index contributed by atoms with van der Waals surface area (Å²) in [5.41, 5.74) is 3.20. The molecule has 0 saturated carbocycles. The molecule has 2 aromatic rings. The second-order valence-electron chi connectivity index (χ2n) is 6.18. The number of nitrogens with zero attached hydrogens (tertiary/aromatic N) is 4. The van der Waals surface area contributed by atoms with Gasteiger partial charge in [0.15, 0.2) is 0 Å². The molecule has 2 aromatic heterocycles. The molecular weight excluding hydrogens is 316 g/mol. The van der Waals surface area contributed by atoms with Crippen LogP contribution in [0.3, 0.4) is 0 Å². The van der Waals surface area contributed by atoms with Gasteiger partial charge in [0, 0.05) is 50.5 Å². The Morgan fingerprint density at radius 3 is 2.96 bits per heavy atom. The number of piperazine rings is 1. The van der Waals surface area contributed by atoms with Crippen molar-refractivity contribution in [3.05, 3.63) is 47.5 Å². The molecule has 0 spiro atoms. The van der Waals surface area contributed by atoms with Crippen LogP contribution in [-0.4, -0.2) is 46.5 Å². The maximum Gasteiger partial charge on any atom is 0.239 e. The number of nitrogens with one attached hydrogen (secondary N) is 2. The topological polar surface area (TPSA) is 83.0 Å². The largest absolute Gasteiger partial charge is 0.351 e. The zero-order chi connectivity index (χ0) is 17.6. The van der Waals surface area contributed by atoms with Gasteiger partial charge in [-0.2, -0.15) is 0 Å². The molecule has 3 rings (SSSR count). The van der Waals surface area contributed by atoms with Crippen molar-refractivity contribution in [2.75, 3.05) is 24.5 Å². The first kappa shape index (κ1) is 17.3. The van der Waals surface area contributed by atoms with E-state index in [-0.39, 0.29) is 11.9 Å². The molecule has 1 atom stereocenters. The fraction of sp³-hybridized carbons (Fsp3) is 0.444. The summed E-state index contributed by atoms with van der Waals surface area (Å²) >= 11 is 0. The second kappa shape index (κ2) is 8.02. The van der Waals surface area contributed by atoms with E-state index in [0.717, 1.165) is 36.3 Å². The summed E-state index contributed by atoms with van der Waals surface area (Å²) in [7, 11) is 0. The number of amides is 1. The number of aryl methyl sites for hydroxylation is 2. The molecule has 2 N–H and O–H groups in total. The summed E-state index contributed by atoms with van der Waals surface area (Å²) in [6, 6.07) is 3.52. The number of hydrogen-bond acceptors (Lipinski definition) is 6. The van der Waals surface area contributed by atoms with Crippen LogP contribution in [0.1, 0.15) is 23.7 Å². The molecule has 1 aliphatic rings. The average molecular weight is 340 g/mol. The number of carbonyl (C=O) groups is 1. The summed E-state index contributed by atoms with van der Waals surface area (Å²) in [4.78, 5) is 27.6. The zero-order valence-corrected chi connectivity index (χ0v) is 14.7. The minimum Gasteiger partial charge on any atom is -0.351 e. The Kier molecular flexibility index (Phi) is 5.55. The Morgan fingerprint density at radius 2 is 2.20 bits per heavy atom. The molecule has 1 amide bonds. The average Bonchev–Trinajstić information content (AvgIpc) is 2.67. The van der Waals surface area contributed by atoms with E-state index in [9.17, 15) is 4.79 Å². The normalized spacial score (nSPS) is 17.4. The smallest absolute Gasteiger partial charge is 0.239 e. The Bertz CT molecular complexity index is 721. The third kappa shape index (κ3) is 4.30. The number of rotatable bonds is 5. The Labute approximate surface area is 147 Å². The third-order valence-corrected chi connectivity index (χ3v) is 4.39. The van der Waals surface area contributed by atoms with E-state index in [0.29, 0.717) is 19.0 Å². The molecule has 1 saturated heterocycles. The second-order valence-corrected chi connectivity index (χ2v) is 6.18. The first-order chi connectivity index (χ1) is 12.2. The minimum absolute atomic E-state index is 0.00987. The van der Waals surface area contributed by atoms with Gasteiger partial charge in [0.1, 0.15) is 6.04 Å². The first-order valence-electron chi connectivity index (χ1n) is 8.65. The Balaban J connectivity index is 1.61. The van der Waals surface area contributed by atoms with Crippen LogP contribution in [0, 0.1) is 6.92 Å². The van der Waals surface area contributed by atoms with Crippen LogP contribution in [0.25, 0.3) is 0 Å². The lowest BCUT2D eigenvalue weighted by molar-refractivity contribution is -0.123. The van der Waals surface area contributed by atoms with Crippen LogP contribution >= 0.6 is 0 Å². The number of aromatic nitrogens is 3. The van der Waals surface area contributed by atoms with Gasteiger partial charge in [0.05, 0.1) is 0 Å². The maximum absolute atomic E-state index is 12.5. The summed E-state index contributed by atoms with van der Waals surface area (Å²) in [6.45, 7) is 6.70. The monoisotopic (exact) mass is 340 g/mol. The quantitative estimate of drug-likeness (QED) is 0.839. The molecule has 0 bridgehead atoms. The number of pyridine rings is 1. The van der Waals surface area contributed by atoms with Gasteiger partial charge in [-0.25, -0.2) is 9.97 Å². The van der Waals surface area contributed by atoms with Crippen LogP contribution in [0.2, 0.25) is 0 Å². The number of hydrogen-bond donors (Lipinski definition) is 2. The van der Waals surface area contributed by atoms with Crippen molar-refractivity contribution in [3.63, 3.8) is 0 Å². The van der Waals surface area contributed by atoms with E-state index >= 15 is 0 Å². The van der Waals surface area contributed by atoms with E-state index in [1.54, 1.807) is 12.4 Å². The summed E-state index contributed by atoms with van der Waals surface area (Å²) in [5.74, 6) is 0.695. The minimum atomic E-state index is -0.273. The number of carbonyl (C=O) groups excluding carboxylic acids is 1. The van der Waals surface area contributed by atoms with Crippen molar-refractivity contribution < 1.29 is 4.79 Å². The molecule has 1 aliphatic heterocycles. The van der Waals surface area contributed by atoms with Gasteiger partial charge in [-0.05, 0) is 36.6 Å². The standard InChI is InChI=1S/C18H24N6O/c1-3-15-13(2)10-22-18(23-15)24-9-8-20-16(12-24)17(25)21-11-14-4-6-19-7-5-14/h4-7,10,16,20H,3,8-9,11-12H2,1-2H3,(H,21,25)/t16-/m0/s1. The summed E-state index contributed by atoms with van der Waals surface area (Å²) < 4.78 is 0. The van der Waals surface area contributed by atoms with Gasteiger partial charge >= 0.3 is 0 Å². The highest BCUT2D eigenvalue weighted by atomic mass is 16.2. The van der Waals surface area contributed by atoms with Crippen molar-refractivity contribution in [2.24, 2.45) is 0 Å². The van der Waals surface area contributed by atoms with E-state index in [2.05, 4.69) is 37.4 Å². The van der Waals surface area contributed by atoms with Crippen LogP contribution in [-0.2, 0) is 17.8 Å². The molecule has 132 valence electrons. The lowest BCUT2D eigenvalue weighted by Crippen LogP contribution is -2.57. The molecule has 0 aromatic carbocycles. The first-order valence-corrected chi connectivity index (χ1v) is 8.65. The van der Waals surface area contributed by atoms with Crippen molar-refractivity contribution in [2.45, 2.75) is 32.9 Å². The van der Waals surface area contributed by atoms with Crippen LogP contribution in [0.15, 0.2) is 30.7 Å². The van der Waals surface area contributed by atoms with Crippen LogP contribution < -0.4 is 15.5 Å². The van der Waals surface area contributed by atoms with Gasteiger partial charge in [-0.3, -0.25) is 9.78 Å². The van der Waals surface area contributed by atoms with Crippen LogP contribution in [0.4, 0.5) is 5.95 Å². The summed E-state index contributed by atoms with van der Waals surface area (Å²) in [5, 5.41) is 6.25. The molecule has 1 fully saturated rings. The van der Waals surface area contributed by atoms with E-state index in [4.69, 9.17) is 0 Å². The Hall–Kier alpha value is -2.54. The highest BCUT2D eigenvalue weighted by Gasteiger charge is 2.26. The van der Waals surface area contributed by atoms with Gasteiger partial charge in [-0.15, -0.1) is 0 Å². The molecule has 0 aliphatic carbocycles. The summed E-state index contributed by atoms with van der Waals surface area (Å²) in [6.07, 6.45) is 6.19. The SMILES string of the molecule is CCc1nc(N2CCN[C@H](C(=O)NCc3ccncc3)C2)ncc1C. The molecule has 7 heteroatoms. The van der Waals surface area contributed by atoms with Gasteiger partial charge < -0.3 is 15.5 Å². The zero-order valence-electron chi connectivity index (χ0n) is 14.7. The fourth-order valence-electron chi connectivity index (χ4n) is 2.90. The maximum atomic E-state index is 12.5. The van der Waals surface area contributed by atoms with Crippen molar-refractivity contribution in [3.8, 4) is 0 Å². The Morgan fingerprint density at radius 1 is 1.40 bits per heavy atom. The lowest BCUT2D eigenvalue weighted by atomic mass is 10.2. The molecule has 25 heavy (non-hydrogen) atoms. The van der Waals surface area contributed by atoms with Crippen LogP contribution in [0.5, 0.6) is 0 Å². The predicted octanol–water partition coefficient (Wildman–Crippen LogP) is 0.837. The highest BCUT2D eigenvalue weighted by Crippen LogP contribution is 2.14. The highest BCUT2D eigenvalue weighted by molar-refractivity contribution is 5.82. The van der Waals surface area contributed by atoms with Gasteiger partial charge in [0.25, 0.3) is 0 Å². The molecule has 3 heterocycles.